The van der Waals surface area contributed by atoms with Crippen molar-refractivity contribution in [1.29, 1.82) is 0 Å². The van der Waals surface area contributed by atoms with Gasteiger partial charge in [-0.1, -0.05) is 29.8 Å². The quantitative estimate of drug-likeness (QED) is 0.644. The minimum atomic E-state index is -0.154. The molecule has 1 amide bonds. The van der Waals surface area contributed by atoms with Crippen molar-refractivity contribution in [3.8, 4) is 0 Å². The molecule has 1 unspecified atom stereocenters. The molecule has 27 heavy (non-hydrogen) atoms. The Balaban J connectivity index is 1.67. The third-order valence-electron chi connectivity index (χ3n) is 4.94. The van der Waals surface area contributed by atoms with Gasteiger partial charge in [0.25, 0.3) is 5.91 Å². The second-order valence-electron chi connectivity index (χ2n) is 6.85. The lowest BCUT2D eigenvalue weighted by atomic mass is 10.1. The number of hydrogen-bond acceptors (Lipinski definition) is 4. The van der Waals surface area contributed by atoms with Gasteiger partial charge in [-0.25, -0.2) is 0 Å². The number of rotatable bonds is 5. The molecule has 1 atom stereocenters. The molecule has 0 saturated carbocycles. The number of amides is 1. The molecule has 3 heterocycles. The van der Waals surface area contributed by atoms with E-state index in [0.29, 0.717) is 29.5 Å². The Kier molecular flexibility index (Phi) is 5.14. The number of aromatic nitrogens is 1. The van der Waals surface area contributed by atoms with Gasteiger partial charge in [-0.15, -0.1) is 0 Å². The molecule has 3 aromatic rings. The number of para-hydroxylation sites is 1. The number of carbonyl (C=O) groups excluding carboxylic acids is 1. The molecule has 0 aliphatic carbocycles. The van der Waals surface area contributed by atoms with Crippen molar-refractivity contribution in [1.82, 2.24) is 9.88 Å². The molecule has 1 aromatic carbocycles. The Labute approximate surface area is 162 Å². The highest BCUT2D eigenvalue weighted by molar-refractivity contribution is 6.35. The van der Waals surface area contributed by atoms with Crippen LogP contribution in [0.15, 0.2) is 47.1 Å². The first kappa shape index (κ1) is 18.0. The van der Waals surface area contributed by atoms with Gasteiger partial charge in [0.05, 0.1) is 11.1 Å². The van der Waals surface area contributed by atoms with Gasteiger partial charge in [0.15, 0.2) is 11.3 Å². The molecular formula is C21H21ClN2O3. The molecule has 2 aromatic heterocycles. The molecule has 0 spiro atoms. The van der Waals surface area contributed by atoms with Crippen LogP contribution in [-0.2, 0) is 11.3 Å². The Bertz CT molecular complexity index is 949. The summed E-state index contributed by atoms with van der Waals surface area (Å²) in [5.41, 5.74) is 2.33. The predicted molar refractivity (Wildman–Crippen MR) is 104 cm³/mol. The molecule has 0 bridgehead atoms. The Morgan fingerprint density at radius 1 is 1.33 bits per heavy atom. The minimum Gasteiger partial charge on any atom is -0.449 e. The summed E-state index contributed by atoms with van der Waals surface area (Å²) in [6, 6.07) is 9.38. The van der Waals surface area contributed by atoms with E-state index in [9.17, 15) is 4.79 Å². The topological polar surface area (TPSA) is 55.6 Å². The lowest BCUT2D eigenvalue weighted by Crippen LogP contribution is -2.37. The van der Waals surface area contributed by atoms with Crippen LogP contribution in [0.5, 0.6) is 0 Å². The lowest BCUT2D eigenvalue weighted by molar-refractivity contribution is 0.0484. The lowest BCUT2D eigenvalue weighted by Gasteiger charge is -2.25. The summed E-state index contributed by atoms with van der Waals surface area (Å²) >= 11 is 6.25. The number of aryl methyl sites for hydroxylation is 1. The summed E-state index contributed by atoms with van der Waals surface area (Å²) in [6.07, 6.45) is 5.54. The van der Waals surface area contributed by atoms with Crippen molar-refractivity contribution < 1.29 is 13.9 Å². The average Bonchev–Trinajstić information content (AvgIpc) is 3.31. The molecule has 0 radical (unpaired) electrons. The normalized spacial score (nSPS) is 16.7. The number of ether oxygens (including phenoxy) is 1. The van der Waals surface area contributed by atoms with Crippen LogP contribution in [0.1, 0.15) is 34.5 Å². The second kappa shape index (κ2) is 7.71. The predicted octanol–water partition coefficient (Wildman–Crippen LogP) is 4.61. The van der Waals surface area contributed by atoms with Gasteiger partial charge < -0.3 is 14.1 Å². The van der Waals surface area contributed by atoms with Crippen LogP contribution in [0.3, 0.4) is 0 Å². The van der Waals surface area contributed by atoms with E-state index in [-0.39, 0.29) is 12.0 Å². The SMILES string of the molecule is Cc1c(C(=O)N(Cc2cccnc2)CC2CCCO2)oc2c(Cl)cccc12. The maximum absolute atomic E-state index is 13.4. The van der Waals surface area contributed by atoms with Crippen molar-refractivity contribution >= 4 is 28.5 Å². The maximum atomic E-state index is 13.4. The van der Waals surface area contributed by atoms with Crippen LogP contribution in [0.25, 0.3) is 11.0 Å². The minimum absolute atomic E-state index is 0.0545. The highest BCUT2D eigenvalue weighted by Gasteiger charge is 2.28. The Morgan fingerprint density at radius 2 is 2.22 bits per heavy atom. The van der Waals surface area contributed by atoms with Crippen molar-refractivity contribution in [2.75, 3.05) is 13.2 Å². The van der Waals surface area contributed by atoms with Gasteiger partial charge in [-0.05, 0) is 37.5 Å². The van der Waals surface area contributed by atoms with E-state index < -0.39 is 0 Å². The summed E-state index contributed by atoms with van der Waals surface area (Å²) < 4.78 is 11.6. The molecule has 140 valence electrons. The molecule has 1 aliphatic heterocycles. The number of hydrogen-bond donors (Lipinski definition) is 0. The van der Waals surface area contributed by atoms with Gasteiger partial charge >= 0.3 is 0 Å². The number of nitrogens with zero attached hydrogens (tertiary/aromatic N) is 2. The standard InChI is InChI=1S/C21H21ClN2O3/c1-14-17-7-2-8-18(22)20(17)27-19(14)21(25)24(13-16-6-4-10-26-16)12-15-5-3-9-23-11-15/h2-3,5,7-9,11,16H,4,6,10,12-13H2,1H3. The van der Waals surface area contributed by atoms with Crippen molar-refractivity contribution in [3.05, 3.63) is 64.6 Å². The molecule has 6 heteroatoms. The fourth-order valence-electron chi connectivity index (χ4n) is 3.52. The van der Waals surface area contributed by atoms with E-state index in [1.165, 1.54) is 0 Å². The zero-order valence-corrected chi connectivity index (χ0v) is 15.9. The monoisotopic (exact) mass is 384 g/mol. The number of halogens is 1. The van der Waals surface area contributed by atoms with Crippen LogP contribution in [0.4, 0.5) is 0 Å². The highest BCUT2D eigenvalue weighted by Crippen LogP contribution is 2.31. The van der Waals surface area contributed by atoms with Crippen molar-refractivity contribution in [2.24, 2.45) is 0 Å². The molecule has 4 rings (SSSR count). The third kappa shape index (κ3) is 3.70. The summed E-state index contributed by atoms with van der Waals surface area (Å²) in [5.74, 6) is 0.180. The number of carbonyl (C=O) groups is 1. The summed E-state index contributed by atoms with van der Waals surface area (Å²) in [5, 5.41) is 1.37. The molecular weight excluding hydrogens is 364 g/mol. The molecule has 1 saturated heterocycles. The maximum Gasteiger partial charge on any atom is 0.290 e. The van der Waals surface area contributed by atoms with Gasteiger partial charge in [-0.2, -0.15) is 0 Å². The second-order valence-corrected chi connectivity index (χ2v) is 7.26. The van der Waals surface area contributed by atoms with Crippen molar-refractivity contribution in [3.63, 3.8) is 0 Å². The number of pyridine rings is 1. The molecule has 1 aliphatic rings. The molecule has 0 N–H and O–H groups in total. The van der Waals surface area contributed by atoms with Gasteiger partial charge in [0.2, 0.25) is 0 Å². The zero-order valence-electron chi connectivity index (χ0n) is 15.2. The van der Waals surface area contributed by atoms with E-state index >= 15 is 0 Å². The summed E-state index contributed by atoms with van der Waals surface area (Å²) in [7, 11) is 0. The average molecular weight is 385 g/mol. The van der Waals surface area contributed by atoms with E-state index in [1.807, 2.05) is 31.2 Å². The van der Waals surface area contributed by atoms with E-state index in [1.54, 1.807) is 23.4 Å². The van der Waals surface area contributed by atoms with Crippen LogP contribution in [0, 0.1) is 6.92 Å². The number of benzene rings is 1. The van der Waals surface area contributed by atoms with E-state index in [2.05, 4.69) is 4.98 Å². The van der Waals surface area contributed by atoms with Gasteiger partial charge in [0.1, 0.15) is 0 Å². The van der Waals surface area contributed by atoms with Crippen LogP contribution in [0.2, 0.25) is 5.02 Å². The molecule has 5 nitrogen and oxygen atoms in total. The summed E-state index contributed by atoms with van der Waals surface area (Å²) in [6.45, 7) is 3.62. The van der Waals surface area contributed by atoms with Crippen LogP contribution >= 0.6 is 11.6 Å². The van der Waals surface area contributed by atoms with Crippen molar-refractivity contribution in [2.45, 2.75) is 32.4 Å². The fraction of sp³-hybridized carbons (Fsp3) is 0.333. The fourth-order valence-corrected chi connectivity index (χ4v) is 3.74. The number of fused-ring (bicyclic) bond motifs is 1. The smallest absolute Gasteiger partial charge is 0.290 e. The Morgan fingerprint density at radius 3 is 2.93 bits per heavy atom. The molecule has 1 fully saturated rings. The van der Waals surface area contributed by atoms with Gasteiger partial charge in [0, 0.05) is 43.0 Å². The zero-order chi connectivity index (χ0) is 18.8. The largest absolute Gasteiger partial charge is 0.449 e. The third-order valence-corrected chi connectivity index (χ3v) is 5.24. The highest BCUT2D eigenvalue weighted by atomic mass is 35.5. The van der Waals surface area contributed by atoms with Crippen LogP contribution in [-0.4, -0.2) is 35.0 Å². The van der Waals surface area contributed by atoms with E-state index in [4.69, 9.17) is 20.8 Å². The first-order valence-electron chi connectivity index (χ1n) is 9.11. The van der Waals surface area contributed by atoms with E-state index in [0.717, 1.165) is 36.0 Å². The van der Waals surface area contributed by atoms with Crippen LogP contribution < -0.4 is 0 Å². The Hall–Kier alpha value is -2.37. The summed E-state index contributed by atoms with van der Waals surface area (Å²) in [4.78, 5) is 19.3. The van der Waals surface area contributed by atoms with Gasteiger partial charge in [-0.3, -0.25) is 9.78 Å². The number of furan rings is 1. The first-order valence-corrected chi connectivity index (χ1v) is 9.48. The first-order chi connectivity index (χ1) is 13.1.